The monoisotopic (exact) mass is 420 g/mol. The van der Waals surface area contributed by atoms with Crippen molar-refractivity contribution in [3.05, 3.63) is 77.2 Å². The summed E-state index contributed by atoms with van der Waals surface area (Å²) in [6, 6.07) is 19.5. The molecule has 1 aromatic heterocycles. The van der Waals surface area contributed by atoms with E-state index in [1.807, 2.05) is 35.7 Å². The number of hydrogen-bond acceptors (Lipinski definition) is 4. The molecule has 2 aromatic carbocycles. The summed E-state index contributed by atoms with van der Waals surface area (Å²) >= 11 is 1.68. The van der Waals surface area contributed by atoms with Crippen LogP contribution in [0.25, 0.3) is 10.4 Å². The molecule has 0 saturated carbocycles. The van der Waals surface area contributed by atoms with E-state index in [0.29, 0.717) is 37.2 Å². The molecule has 5 nitrogen and oxygen atoms in total. The van der Waals surface area contributed by atoms with E-state index in [0.717, 1.165) is 11.1 Å². The van der Waals surface area contributed by atoms with E-state index in [4.69, 9.17) is 10.5 Å². The number of methoxy groups -OCH3 is 1. The highest BCUT2D eigenvalue weighted by Crippen LogP contribution is 2.36. The Morgan fingerprint density at radius 1 is 1.13 bits per heavy atom. The van der Waals surface area contributed by atoms with Crippen LogP contribution in [0.4, 0.5) is 0 Å². The fourth-order valence-electron chi connectivity index (χ4n) is 4.14. The number of hydrogen-bond donors (Lipinski definition) is 1. The fraction of sp³-hybridized carbons (Fsp3) is 0.250. The minimum absolute atomic E-state index is 0.136. The standard InChI is InChI=1S/C24H24N2O3S/c1-29-20-9-3-2-8-19(20)22(27)26-12-11-24(16-26,23(25)28)15-17-6-4-7-18(14-17)21-10-5-13-30-21/h2-10,13-14H,11-12,15-16H2,1H3,(H2,25,28)/t24-/m1/s1. The van der Waals surface area contributed by atoms with Gasteiger partial charge in [0.1, 0.15) is 5.75 Å². The van der Waals surface area contributed by atoms with Crippen LogP contribution >= 0.6 is 11.3 Å². The molecular formula is C24H24N2O3S. The number of benzene rings is 2. The van der Waals surface area contributed by atoms with Gasteiger partial charge in [0, 0.05) is 18.0 Å². The Morgan fingerprint density at radius 2 is 1.97 bits per heavy atom. The maximum Gasteiger partial charge on any atom is 0.257 e. The number of thiophene rings is 1. The average Bonchev–Trinajstić information content (AvgIpc) is 3.44. The SMILES string of the molecule is COc1ccccc1C(=O)N1CC[C@](Cc2cccc(-c3cccs3)c2)(C(N)=O)C1. The molecule has 1 aliphatic rings. The van der Waals surface area contributed by atoms with Crippen molar-refractivity contribution >= 4 is 23.2 Å². The van der Waals surface area contributed by atoms with E-state index in [-0.39, 0.29) is 11.8 Å². The molecule has 1 atom stereocenters. The first kappa shape index (κ1) is 20.2. The van der Waals surface area contributed by atoms with Crippen molar-refractivity contribution in [3.8, 4) is 16.2 Å². The third-order valence-corrected chi connectivity index (χ3v) is 6.70. The molecule has 0 radical (unpaired) electrons. The molecule has 0 unspecified atom stereocenters. The van der Waals surface area contributed by atoms with Gasteiger partial charge in [-0.1, -0.05) is 42.5 Å². The fourth-order valence-corrected chi connectivity index (χ4v) is 4.86. The number of amides is 2. The molecule has 154 valence electrons. The van der Waals surface area contributed by atoms with Crippen molar-refractivity contribution in [3.63, 3.8) is 0 Å². The predicted octanol–water partition coefficient (Wildman–Crippen LogP) is 3.98. The van der Waals surface area contributed by atoms with Crippen LogP contribution in [0.15, 0.2) is 66.0 Å². The van der Waals surface area contributed by atoms with Crippen molar-refractivity contribution in [1.82, 2.24) is 4.90 Å². The summed E-state index contributed by atoms with van der Waals surface area (Å²) in [6.45, 7) is 0.798. The van der Waals surface area contributed by atoms with Gasteiger partial charge in [0.2, 0.25) is 5.91 Å². The Morgan fingerprint density at radius 3 is 2.70 bits per heavy atom. The summed E-state index contributed by atoms with van der Waals surface area (Å²) in [6.07, 6.45) is 1.06. The number of carbonyl (C=O) groups excluding carboxylic acids is 2. The second-order valence-electron chi connectivity index (χ2n) is 7.68. The lowest BCUT2D eigenvalue weighted by Crippen LogP contribution is -2.42. The van der Waals surface area contributed by atoms with E-state index >= 15 is 0 Å². The highest BCUT2D eigenvalue weighted by Gasteiger charge is 2.45. The van der Waals surface area contributed by atoms with Crippen LogP contribution in [0.2, 0.25) is 0 Å². The number of nitrogens with zero attached hydrogens (tertiary/aromatic N) is 1. The second-order valence-corrected chi connectivity index (χ2v) is 8.62. The zero-order valence-corrected chi connectivity index (χ0v) is 17.7. The molecule has 2 heterocycles. The van der Waals surface area contributed by atoms with E-state index in [9.17, 15) is 9.59 Å². The van der Waals surface area contributed by atoms with Crippen molar-refractivity contribution < 1.29 is 14.3 Å². The number of primary amides is 1. The molecule has 0 spiro atoms. The van der Waals surface area contributed by atoms with Crippen molar-refractivity contribution in [2.24, 2.45) is 11.1 Å². The zero-order chi connectivity index (χ0) is 21.1. The summed E-state index contributed by atoms with van der Waals surface area (Å²) in [4.78, 5) is 28.5. The topological polar surface area (TPSA) is 72.6 Å². The first-order chi connectivity index (χ1) is 14.5. The van der Waals surface area contributed by atoms with Gasteiger partial charge in [-0.3, -0.25) is 9.59 Å². The highest BCUT2D eigenvalue weighted by molar-refractivity contribution is 7.13. The largest absolute Gasteiger partial charge is 0.496 e. The van der Waals surface area contributed by atoms with Gasteiger partial charge < -0.3 is 15.4 Å². The van der Waals surface area contributed by atoms with Gasteiger partial charge >= 0.3 is 0 Å². The molecule has 2 N–H and O–H groups in total. The minimum Gasteiger partial charge on any atom is -0.496 e. The quantitative estimate of drug-likeness (QED) is 0.655. The van der Waals surface area contributed by atoms with Crippen LogP contribution in [0.5, 0.6) is 5.75 Å². The first-order valence-corrected chi connectivity index (χ1v) is 10.8. The smallest absolute Gasteiger partial charge is 0.257 e. The molecule has 6 heteroatoms. The van der Waals surface area contributed by atoms with Crippen molar-refractivity contribution in [1.29, 1.82) is 0 Å². The average molecular weight is 421 g/mol. The van der Waals surface area contributed by atoms with E-state index < -0.39 is 5.41 Å². The number of likely N-dealkylation sites (tertiary alicyclic amines) is 1. The Labute approximate surface area is 180 Å². The molecule has 0 aliphatic carbocycles. The highest BCUT2D eigenvalue weighted by atomic mass is 32.1. The first-order valence-electron chi connectivity index (χ1n) is 9.87. The van der Waals surface area contributed by atoms with Crippen LogP contribution in [-0.2, 0) is 11.2 Å². The molecule has 2 amide bonds. The van der Waals surface area contributed by atoms with Gasteiger partial charge in [0.15, 0.2) is 0 Å². The van der Waals surface area contributed by atoms with Crippen LogP contribution < -0.4 is 10.5 Å². The van der Waals surface area contributed by atoms with Gasteiger partial charge in [0.25, 0.3) is 5.91 Å². The summed E-state index contributed by atoms with van der Waals surface area (Å²) in [5.41, 5.74) is 7.77. The number of carbonyl (C=O) groups is 2. The van der Waals surface area contributed by atoms with E-state index in [2.05, 4.69) is 18.2 Å². The Balaban J connectivity index is 1.57. The van der Waals surface area contributed by atoms with Gasteiger partial charge in [0.05, 0.1) is 18.1 Å². The number of nitrogens with two attached hydrogens (primary N) is 1. The Hall–Kier alpha value is -3.12. The van der Waals surface area contributed by atoms with E-state index in [1.54, 1.807) is 35.5 Å². The summed E-state index contributed by atoms with van der Waals surface area (Å²) in [5, 5.41) is 2.05. The lowest BCUT2D eigenvalue weighted by atomic mass is 9.80. The van der Waals surface area contributed by atoms with Gasteiger partial charge in [-0.15, -0.1) is 11.3 Å². The molecule has 3 aromatic rings. The van der Waals surface area contributed by atoms with Crippen LogP contribution in [0.1, 0.15) is 22.3 Å². The molecule has 1 saturated heterocycles. The molecule has 0 bridgehead atoms. The molecule has 1 aliphatic heterocycles. The van der Waals surface area contributed by atoms with Gasteiger partial charge in [-0.25, -0.2) is 0 Å². The van der Waals surface area contributed by atoms with Gasteiger partial charge in [-0.05, 0) is 47.5 Å². The lowest BCUT2D eigenvalue weighted by Gasteiger charge is -2.26. The third kappa shape index (κ3) is 3.83. The molecular weight excluding hydrogens is 396 g/mol. The van der Waals surface area contributed by atoms with Crippen LogP contribution in [0.3, 0.4) is 0 Å². The molecule has 30 heavy (non-hydrogen) atoms. The predicted molar refractivity (Wildman–Crippen MR) is 119 cm³/mol. The van der Waals surface area contributed by atoms with Crippen molar-refractivity contribution in [2.75, 3.05) is 20.2 Å². The number of ether oxygens (including phenoxy) is 1. The zero-order valence-electron chi connectivity index (χ0n) is 16.8. The van der Waals surface area contributed by atoms with Gasteiger partial charge in [-0.2, -0.15) is 0 Å². The number of rotatable bonds is 6. The Bertz CT molecular complexity index is 1060. The van der Waals surface area contributed by atoms with Crippen LogP contribution in [0, 0.1) is 5.41 Å². The second kappa shape index (κ2) is 8.32. The third-order valence-electron chi connectivity index (χ3n) is 5.78. The van der Waals surface area contributed by atoms with Crippen molar-refractivity contribution in [2.45, 2.75) is 12.8 Å². The normalized spacial score (nSPS) is 18.4. The summed E-state index contributed by atoms with van der Waals surface area (Å²) in [5.74, 6) is 0.0324. The number of para-hydroxylation sites is 1. The van der Waals surface area contributed by atoms with E-state index in [1.165, 1.54) is 4.88 Å². The lowest BCUT2D eigenvalue weighted by molar-refractivity contribution is -0.126. The molecule has 1 fully saturated rings. The molecule has 4 rings (SSSR count). The summed E-state index contributed by atoms with van der Waals surface area (Å²) < 4.78 is 5.33. The summed E-state index contributed by atoms with van der Waals surface area (Å²) in [7, 11) is 1.55. The minimum atomic E-state index is -0.772. The maximum atomic E-state index is 13.1. The van der Waals surface area contributed by atoms with Crippen LogP contribution in [-0.4, -0.2) is 36.9 Å². The Kier molecular flexibility index (Phi) is 5.59. The maximum absolute atomic E-state index is 13.1.